The van der Waals surface area contributed by atoms with Crippen molar-refractivity contribution in [1.82, 2.24) is 9.97 Å². The molecule has 3 heteroatoms. The maximum absolute atomic E-state index is 5.46. The second kappa shape index (κ2) is 2.01. The maximum Gasteiger partial charge on any atom is 0.120 e. The Bertz CT molecular complexity index is 219. The zero-order valence-corrected chi connectivity index (χ0v) is 6.60. The normalized spacial score (nSPS) is 11.9. The fourth-order valence-corrected chi connectivity index (χ4v) is 0.717. The molecule has 0 unspecified atom stereocenters. The number of aromatic amines is 1. The zero-order chi connectivity index (χ0) is 7.78. The molecule has 1 aromatic rings. The van der Waals surface area contributed by atoms with Crippen LogP contribution in [0.1, 0.15) is 26.6 Å². The molecule has 0 aliphatic heterocycles. The Kier molecular flexibility index (Phi) is 1.43. The Morgan fingerprint density at radius 1 is 1.50 bits per heavy atom. The number of aromatic nitrogens is 2. The number of hydrogen-bond acceptors (Lipinski definition) is 2. The van der Waals surface area contributed by atoms with Crippen molar-refractivity contribution < 1.29 is 0 Å². The van der Waals surface area contributed by atoms with Crippen LogP contribution in [0.2, 0.25) is 0 Å². The number of anilines is 1. The molecule has 1 rings (SSSR count). The van der Waals surface area contributed by atoms with Crippen LogP contribution in [0.15, 0.2) is 6.20 Å². The van der Waals surface area contributed by atoms with Gasteiger partial charge in [-0.15, -0.1) is 0 Å². The van der Waals surface area contributed by atoms with Crippen LogP contribution in [-0.4, -0.2) is 9.97 Å². The van der Waals surface area contributed by atoms with E-state index in [9.17, 15) is 0 Å². The largest absolute Gasteiger partial charge is 0.384 e. The lowest BCUT2D eigenvalue weighted by Gasteiger charge is -2.13. The number of nitrogens with one attached hydrogen (secondary N) is 1. The van der Waals surface area contributed by atoms with E-state index in [0.29, 0.717) is 5.82 Å². The number of nitrogens with two attached hydrogens (primary N) is 1. The second-order valence-electron chi connectivity index (χ2n) is 3.44. The smallest absolute Gasteiger partial charge is 0.120 e. The molecule has 3 nitrogen and oxygen atoms in total. The Balaban J connectivity index is 2.96. The first-order chi connectivity index (χ1) is 4.50. The molecule has 0 saturated carbocycles. The van der Waals surface area contributed by atoms with Gasteiger partial charge in [0.25, 0.3) is 0 Å². The molecule has 0 amide bonds. The number of rotatable bonds is 0. The summed E-state index contributed by atoms with van der Waals surface area (Å²) in [4.78, 5) is 7.09. The molecule has 0 saturated heterocycles. The molecule has 0 atom stereocenters. The monoisotopic (exact) mass is 139 g/mol. The zero-order valence-electron chi connectivity index (χ0n) is 6.60. The van der Waals surface area contributed by atoms with E-state index in [2.05, 4.69) is 30.7 Å². The van der Waals surface area contributed by atoms with Crippen LogP contribution in [0.3, 0.4) is 0 Å². The van der Waals surface area contributed by atoms with E-state index >= 15 is 0 Å². The van der Waals surface area contributed by atoms with Gasteiger partial charge in [-0.25, -0.2) is 4.98 Å². The molecule has 56 valence electrons. The SMILES string of the molecule is CC(C)(C)c1ncc(N)[nH]1. The molecule has 0 bridgehead atoms. The fraction of sp³-hybridized carbons (Fsp3) is 0.571. The predicted molar refractivity (Wildman–Crippen MR) is 41.7 cm³/mol. The molecule has 0 fully saturated rings. The lowest BCUT2D eigenvalue weighted by atomic mass is 9.96. The lowest BCUT2D eigenvalue weighted by Crippen LogP contribution is -2.13. The molecule has 1 heterocycles. The van der Waals surface area contributed by atoms with Crippen LogP contribution in [0, 0.1) is 0 Å². The minimum atomic E-state index is 0.0671. The van der Waals surface area contributed by atoms with Gasteiger partial charge < -0.3 is 10.7 Å². The highest BCUT2D eigenvalue weighted by Crippen LogP contribution is 2.18. The molecule has 0 spiro atoms. The van der Waals surface area contributed by atoms with Gasteiger partial charge in [-0.2, -0.15) is 0 Å². The van der Waals surface area contributed by atoms with Gasteiger partial charge in [-0.1, -0.05) is 20.8 Å². The number of H-pyrrole nitrogens is 1. The molecule has 10 heavy (non-hydrogen) atoms. The number of nitrogens with zero attached hydrogens (tertiary/aromatic N) is 1. The van der Waals surface area contributed by atoms with E-state index in [1.807, 2.05) is 0 Å². The molecule has 3 N–H and O–H groups in total. The van der Waals surface area contributed by atoms with Gasteiger partial charge >= 0.3 is 0 Å². The van der Waals surface area contributed by atoms with E-state index < -0.39 is 0 Å². The summed E-state index contributed by atoms with van der Waals surface area (Å²) in [5.41, 5.74) is 5.52. The Hall–Kier alpha value is -0.990. The summed E-state index contributed by atoms with van der Waals surface area (Å²) in [5.74, 6) is 1.56. The van der Waals surface area contributed by atoms with Gasteiger partial charge in [0.15, 0.2) is 0 Å². The van der Waals surface area contributed by atoms with Crippen LogP contribution < -0.4 is 5.73 Å². The van der Waals surface area contributed by atoms with Crippen LogP contribution in [0.4, 0.5) is 5.82 Å². The highest BCUT2D eigenvalue weighted by molar-refractivity contribution is 5.26. The summed E-state index contributed by atoms with van der Waals surface area (Å²) in [6, 6.07) is 0. The first-order valence-corrected chi connectivity index (χ1v) is 3.31. The van der Waals surface area contributed by atoms with Crippen LogP contribution in [0.25, 0.3) is 0 Å². The molecule has 0 aliphatic carbocycles. The van der Waals surface area contributed by atoms with Gasteiger partial charge in [0.05, 0.1) is 6.20 Å². The average Bonchev–Trinajstić information content (AvgIpc) is 2.11. The van der Waals surface area contributed by atoms with Crippen molar-refractivity contribution in [2.45, 2.75) is 26.2 Å². The van der Waals surface area contributed by atoms with Crippen LogP contribution >= 0.6 is 0 Å². The predicted octanol–water partition coefficient (Wildman–Crippen LogP) is 1.29. The third-order valence-corrected chi connectivity index (χ3v) is 1.31. The van der Waals surface area contributed by atoms with Crippen LogP contribution in [0.5, 0.6) is 0 Å². The van der Waals surface area contributed by atoms with E-state index in [0.717, 1.165) is 5.82 Å². The maximum atomic E-state index is 5.46. The van der Waals surface area contributed by atoms with Crippen LogP contribution in [-0.2, 0) is 5.41 Å². The first-order valence-electron chi connectivity index (χ1n) is 3.31. The number of hydrogen-bond donors (Lipinski definition) is 2. The lowest BCUT2D eigenvalue weighted by molar-refractivity contribution is 0.553. The standard InChI is InChI=1S/C7H13N3/c1-7(2,3)6-9-4-5(8)10-6/h4H,8H2,1-3H3,(H,9,10). The topological polar surface area (TPSA) is 54.7 Å². The summed E-state index contributed by atoms with van der Waals surface area (Å²) in [5, 5.41) is 0. The van der Waals surface area contributed by atoms with E-state index in [-0.39, 0.29) is 5.41 Å². The molecule has 0 radical (unpaired) electrons. The third kappa shape index (κ3) is 1.29. The molecular weight excluding hydrogens is 126 g/mol. The van der Waals surface area contributed by atoms with Gasteiger partial charge in [0.2, 0.25) is 0 Å². The van der Waals surface area contributed by atoms with Crippen molar-refractivity contribution in [3.63, 3.8) is 0 Å². The van der Waals surface area contributed by atoms with Gasteiger partial charge in [0.1, 0.15) is 11.6 Å². The summed E-state index contributed by atoms with van der Waals surface area (Å²) >= 11 is 0. The van der Waals surface area contributed by atoms with E-state index in [4.69, 9.17) is 5.73 Å². The van der Waals surface area contributed by atoms with Gasteiger partial charge in [-0.05, 0) is 0 Å². The van der Waals surface area contributed by atoms with E-state index in [1.165, 1.54) is 0 Å². The Morgan fingerprint density at radius 2 is 2.10 bits per heavy atom. The van der Waals surface area contributed by atoms with Crippen molar-refractivity contribution >= 4 is 5.82 Å². The average molecular weight is 139 g/mol. The Labute approximate surface area is 60.7 Å². The summed E-state index contributed by atoms with van der Waals surface area (Å²) < 4.78 is 0. The van der Waals surface area contributed by atoms with Gasteiger partial charge in [-0.3, -0.25) is 0 Å². The van der Waals surface area contributed by atoms with Crippen molar-refractivity contribution in [2.75, 3.05) is 5.73 Å². The summed E-state index contributed by atoms with van der Waals surface area (Å²) in [6.45, 7) is 6.27. The van der Waals surface area contributed by atoms with Gasteiger partial charge in [0, 0.05) is 5.41 Å². The number of imidazole rings is 1. The quantitative estimate of drug-likeness (QED) is 0.569. The minimum absolute atomic E-state index is 0.0671. The summed E-state index contributed by atoms with van der Waals surface area (Å²) in [6.07, 6.45) is 1.64. The summed E-state index contributed by atoms with van der Waals surface area (Å²) in [7, 11) is 0. The van der Waals surface area contributed by atoms with Crippen molar-refractivity contribution in [3.05, 3.63) is 12.0 Å². The highest BCUT2D eigenvalue weighted by atomic mass is 15.0. The van der Waals surface area contributed by atoms with Crippen molar-refractivity contribution in [3.8, 4) is 0 Å². The Morgan fingerprint density at radius 3 is 2.30 bits per heavy atom. The molecule has 0 aromatic carbocycles. The second-order valence-corrected chi connectivity index (χ2v) is 3.44. The molecule has 0 aliphatic rings. The number of nitrogen functional groups attached to an aromatic ring is 1. The third-order valence-electron chi connectivity index (χ3n) is 1.31. The first kappa shape index (κ1) is 7.12. The molecular formula is C7H13N3. The van der Waals surface area contributed by atoms with Crippen molar-refractivity contribution in [2.24, 2.45) is 0 Å². The highest BCUT2D eigenvalue weighted by Gasteiger charge is 2.16. The van der Waals surface area contributed by atoms with Crippen molar-refractivity contribution in [1.29, 1.82) is 0 Å². The van der Waals surface area contributed by atoms with E-state index in [1.54, 1.807) is 6.20 Å². The minimum Gasteiger partial charge on any atom is -0.384 e. The molecule has 1 aromatic heterocycles. The fourth-order valence-electron chi connectivity index (χ4n) is 0.717.